The molecule has 0 saturated carbocycles. The molecule has 3 aromatic carbocycles. The van der Waals surface area contributed by atoms with Crippen molar-refractivity contribution in [2.24, 2.45) is 0 Å². The van der Waals surface area contributed by atoms with Crippen molar-refractivity contribution in [3.05, 3.63) is 70.3 Å². The highest BCUT2D eigenvalue weighted by molar-refractivity contribution is 6.31. The lowest BCUT2D eigenvalue weighted by atomic mass is 9.81. The maximum Gasteiger partial charge on any atom is 0.201 e. The number of methoxy groups -OCH3 is 1. The van der Waals surface area contributed by atoms with Crippen LogP contribution >= 0.6 is 0 Å². The molecular formula is C21H16O5. The average Bonchev–Trinajstić information content (AvgIpc) is 2.64. The van der Waals surface area contributed by atoms with Crippen molar-refractivity contribution in [2.45, 2.75) is 13.0 Å². The minimum absolute atomic E-state index is 0.00991. The number of aliphatic hydroxyl groups excluding tert-OH is 1. The van der Waals surface area contributed by atoms with Gasteiger partial charge in [0.2, 0.25) is 5.78 Å². The van der Waals surface area contributed by atoms with Gasteiger partial charge in [-0.25, -0.2) is 0 Å². The zero-order chi connectivity index (χ0) is 18.6. The second-order valence-corrected chi connectivity index (χ2v) is 6.35. The van der Waals surface area contributed by atoms with Gasteiger partial charge in [0.05, 0.1) is 24.3 Å². The van der Waals surface area contributed by atoms with E-state index in [0.717, 1.165) is 0 Å². The Labute approximate surface area is 149 Å². The van der Waals surface area contributed by atoms with E-state index in [4.69, 9.17) is 4.74 Å². The van der Waals surface area contributed by atoms with Crippen LogP contribution in [0.25, 0.3) is 10.8 Å². The van der Waals surface area contributed by atoms with Crippen molar-refractivity contribution in [3.63, 3.8) is 0 Å². The van der Waals surface area contributed by atoms with Crippen LogP contribution in [0, 0.1) is 0 Å². The number of phenolic OH excluding ortho intramolecular Hbond substituents is 1. The molecule has 4 rings (SSSR count). The normalized spacial score (nSPS) is 14.1. The van der Waals surface area contributed by atoms with Gasteiger partial charge >= 0.3 is 0 Å². The van der Waals surface area contributed by atoms with E-state index in [1.807, 2.05) is 0 Å². The van der Waals surface area contributed by atoms with Gasteiger partial charge in [0.15, 0.2) is 5.78 Å². The second kappa shape index (κ2) is 5.68. The van der Waals surface area contributed by atoms with Crippen LogP contribution in [0.15, 0.2) is 42.5 Å². The number of benzene rings is 3. The molecule has 0 aliphatic heterocycles. The van der Waals surface area contributed by atoms with E-state index in [-0.39, 0.29) is 33.8 Å². The third-order valence-electron chi connectivity index (χ3n) is 4.81. The molecule has 0 spiro atoms. The first-order chi connectivity index (χ1) is 12.4. The number of phenols is 1. The molecule has 5 nitrogen and oxygen atoms in total. The van der Waals surface area contributed by atoms with E-state index in [2.05, 4.69) is 0 Å². The Morgan fingerprint density at radius 1 is 0.962 bits per heavy atom. The van der Waals surface area contributed by atoms with Crippen LogP contribution < -0.4 is 4.74 Å². The molecule has 3 aromatic rings. The van der Waals surface area contributed by atoms with Crippen molar-refractivity contribution in [2.75, 3.05) is 7.11 Å². The van der Waals surface area contributed by atoms with E-state index < -0.39 is 11.9 Å². The van der Waals surface area contributed by atoms with Gasteiger partial charge < -0.3 is 14.9 Å². The lowest BCUT2D eigenvalue weighted by Crippen LogP contribution is -2.22. The summed E-state index contributed by atoms with van der Waals surface area (Å²) in [5.41, 5.74) is 1.23. The molecule has 0 radical (unpaired) electrons. The molecular weight excluding hydrogens is 332 g/mol. The van der Waals surface area contributed by atoms with E-state index in [1.54, 1.807) is 49.4 Å². The van der Waals surface area contributed by atoms with Gasteiger partial charge in [0.1, 0.15) is 11.5 Å². The molecule has 5 heteroatoms. The number of fused-ring (bicyclic) bond motifs is 3. The van der Waals surface area contributed by atoms with Crippen LogP contribution in [0.5, 0.6) is 11.5 Å². The zero-order valence-corrected chi connectivity index (χ0v) is 14.2. The highest BCUT2D eigenvalue weighted by atomic mass is 16.5. The molecule has 0 heterocycles. The highest BCUT2D eigenvalue weighted by Crippen LogP contribution is 2.41. The molecule has 0 fully saturated rings. The van der Waals surface area contributed by atoms with Crippen molar-refractivity contribution in [1.29, 1.82) is 0 Å². The molecule has 0 saturated heterocycles. The average molecular weight is 348 g/mol. The fourth-order valence-electron chi connectivity index (χ4n) is 3.47. The molecule has 1 atom stereocenters. The van der Waals surface area contributed by atoms with Crippen molar-refractivity contribution >= 4 is 22.3 Å². The van der Waals surface area contributed by atoms with Gasteiger partial charge in [-0.15, -0.1) is 0 Å². The fourth-order valence-corrected chi connectivity index (χ4v) is 3.47. The van der Waals surface area contributed by atoms with Crippen LogP contribution in [0.4, 0.5) is 0 Å². The van der Waals surface area contributed by atoms with Gasteiger partial charge in [-0.2, -0.15) is 0 Å². The number of aromatic hydroxyl groups is 1. The summed E-state index contributed by atoms with van der Waals surface area (Å²) in [4.78, 5) is 26.0. The standard InChI is InChI=1S/C21H16O5/c1-10(22)11-6-7-13-12(8-11)9-15-18(20(13)24)21(25)17-14(19(15)23)4-3-5-16(17)26-2/h3-10,22,24H,1-2H3. The summed E-state index contributed by atoms with van der Waals surface area (Å²) in [6.45, 7) is 1.64. The van der Waals surface area contributed by atoms with E-state index in [0.29, 0.717) is 22.1 Å². The van der Waals surface area contributed by atoms with Crippen LogP contribution in [-0.4, -0.2) is 28.9 Å². The van der Waals surface area contributed by atoms with Gasteiger partial charge in [-0.3, -0.25) is 9.59 Å². The van der Waals surface area contributed by atoms with Crippen LogP contribution in [0.1, 0.15) is 50.4 Å². The lowest BCUT2D eigenvalue weighted by Gasteiger charge is -2.21. The maximum atomic E-state index is 13.0. The van der Waals surface area contributed by atoms with Crippen LogP contribution in [0.2, 0.25) is 0 Å². The number of hydrogen-bond acceptors (Lipinski definition) is 5. The molecule has 1 aliphatic carbocycles. The monoisotopic (exact) mass is 348 g/mol. The third kappa shape index (κ3) is 2.14. The maximum absolute atomic E-state index is 13.0. The number of rotatable bonds is 2. The summed E-state index contributed by atoms with van der Waals surface area (Å²) >= 11 is 0. The molecule has 1 unspecified atom stereocenters. The Bertz CT molecular complexity index is 1100. The minimum atomic E-state index is -0.681. The predicted molar refractivity (Wildman–Crippen MR) is 96.1 cm³/mol. The summed E-state index contributed by atoms with van der Waals surface area (Å²) in [5.74, 6) is -0.709. The van der Waals surface area contributed by atoms with Crippen molar-refractivity contribution in [1.82, 2.24) is 0 Å². The van der Waals surface area contributed by atoms with Gasteiger partial charge in [-0.05, 0) is 36.1 Å². The first-order valence-electron chi connectivity index (χ1n) is 8.18. The van der Waals surface area contributed by atoms with Crippen molar-refractivity contribution in [3.8, 4) is 11.5 Å². The number of aliphatic hydroxyl groups is 1. The molecule has 0 aromatic heterocycles. The Hall–Kier alpha value is -3.18. The molecule has 0 amide bonds. The van der Waals surface area contributed by atoms with E-state index in [9.17, 15) is 19.8 Å². The van der Waals surface area contributed by atoms with E-state index >= 15 is 0 Å². The van der Waals surface area contributed by atoms with Gasteiger partial charge in [0.25, 0.3) is 0 Å². The first-order valence-corrected chi connectivity index (χ1v) is 8.18. The topological polar surface area (TPSA) is 83.8 Å². The Morgan fingerprint density at radius 3 is 2.42 bits per heavy atom. The molecule has 0 bridgehead atoms. The van der Waals surface area contributed by atoms with Crippen LogP contribution in [-0.2, 0) is 0 Å². The summed E-state index contributed by atoms with van der Waals surface area (Å²) < 4.78 is 5.23. The highest BCUT2D eigenvalue weighted by Gasteiger charge is 2.35. The summed E-state index contributed by atoms with van der Waals surface area (Å²) in [7, 11) is 1.43. The number of hydrogen-bond donors (Lipinski definition) is 2. The third-order valence-corrected chi connectivity index (χ3v) is 4.81. The quantitative estimate of drug-likeness (QED) is 0.580. The summed E-state index contributed by atoms with van der Waals surface area (Å²) in [6.07, 6.45) is -0.681. The molecule has 2 N–H and O–H groups in total. The smallest absolute Gasteiger partial charge is 0.201 e. The Kier molecular flexibility index (Phi) is 3.56. The largest absolute Gasteiger partial charge is 0.507 e. The Balaban J connectivity index is 2.04. The SMILES string of the molecule is COc1cccc2c1C(=O)c1c(cc3cc(C(C)O)ccc3c1O)C2=O. The molecule has 130 valence electrons. The number of carbonyl (C=O) groups is 2. The van der Waals surface area contributed by atoms with Crippen LogP contribution in [0.3, 0.4) is 0 Å². The minimum Gasteiger partial charge on any atom is -0.507 e. The van der Waals surface area contributed by atoms with E-state index in [1.165, 1.54) is 7.11 Å². The number of ketones is 2. The Morgan fingerprint density at radius 2 is 1.73 bits per heavy atom. The number of ether oxygens (including phenoxy) is 1. The summed E-state index contributed by atoms with van der Waals surface area (Å²) in [5, 5.41) is 21.5. The number of carbonyl (C=O) groups excluding carboxylic acids is 2. The molecule has 26 heavy (non-hydrogen) atoms. The second-order valence-electron chi connectivity index (χ2n) is 6.35. The fraction of sp³-hybridized carbons (Fsp3) is 0.143. The van der Waals surface area contributed by atoms with Crippen molar-refractivity contribution < 1.29 is 24.5 Å². The predicted octanol–water partition coefficient (Wildman–Crippen LogP) is 3.38. The zero-order valence-electron chi connectivity index (χ0n) is 14.2. The first kappa shape index (κ1) is 16.3. The molecule has 1 aliphatic rings. The summed E-state index contributed by atoms with van der Waals surface area (Å²) in [6, 6.07) is 11.5. The lowest BCUT2D eigenvalue weighted by molar-refractivity contribution is 0.0974. The van der Waals surface area contributed by atoms with Gasteiger partial charge in [-0.1, -0.05) is 24.3 Å². The van der Waals surface area contributed by atoms with Gasteiger partial charge in [0, 0.05) is 16.5 Å².